The number of rotatable bonds is 11. The Hall–Kier alpha value is -4.69. The molecule has 1 amide bonds. The molecule has 0 saturated carbocycles. The largest absolute Gasteiger partial charge is 0.497 e. The Bertz CT molecular complexity index is 1670. The summed E-state index contributed by atoms with van der Waals surface area (Å²) in [5.41, 5.74) is 5.12. The summed E-state index contributed by atoms with van der Waals surface area (Å²) in [6.45, 7) is 6.16. The molecular formula is C37H42N6O2. The molecule has 0 bridgehead atoms. The highest BCUT2D eigenvalue weighted by Crippen LogP contribution is 2.27. The molecule has 0 spiro atoms. The summed E-state index contributed by atoms with van der Waals surface area (Å²) in [5, 5.41) is 0. The van der Waals surface area contributed by atoms with Crippen LogP contribution in [0.4, 0.5) is 5.95 Å². The van der Waals surface area contributed by atoms with Gasteiger partial charge in [-0.1, -0.05) is 48.5 Å². The van der Waals surface area contributed by atoms with Gasteiger partial charge in [-0.3, -0.25) is 9.78 Å². The van der Waals surface area contributed by atoms with Gasteiger partial charge in [0.05, 0.1) is 30.4 Å². The molecule has 8 heteroatoms. The lowest BCUT2D eigenvalue weighted by Gasteiger charge is -2.28. The van der Waals surface area contributed by atoms with Crippen molar-refractivity contribution in [1.29, 1.82) is 0 Å². The number of fused-ring (bicyclic) bond motifs is 1. The van der Waals surface area contributed by atoms with Gasteiger partial charge in [0.2, 0.25) is 5.95 Å². The monoisotopic (exact) mass is 602 g/mol. The van der Waals surface area contributed by atoms with E-state index in [9.17, 15) is 4.79 Å². The van der Waals surface area contributed by atoms with E-state index in [1.807, 2.05) is 72.7 Å². The average molecular weight is 603 g/mol. The van der Waals surface area contributed by atoms with Crippen molar-refractivity contribution in [3.63, 3.8) is 0 Å². The van der Waals surface area contributed by atoms with Gasteiger partial charge in [0, 0.05) is 50.9 Å². The second-order valence-corrected chi connectivity index (χ2v) is 11.8. The second-order valence-electron chi connectivity index (χ2n) is 11.8. The van der Waals surface area contributed by atoms with E-state index in [0.29, 0.717) is 13.1 Å². The van der Waals surface area contributed by atoms with Crippen molar-refractivity contribution in [2.45, 2.75) is 25.3 Å². The lowest BCUT2D eigenvalue weighted by Crippen LogP contribution is -2.35. The number of pyridine rings is 1. The van der Waals surface area contributed by atoms with Gasteiger partial charge in [-0.25, -0.2) is 4.98 Å². The van der Waals surface area contributed by atoms with Crippen LogP contribution in [0, 0.1) is 0 Å². The summed E-state index contributed by atoms with van der Waals surface area (Å²) in [4.78, 5) is 29.8. The number of benzene rings is 3. The predicted molar refractivity (Wildman–Crippen MR) is 180 cm³/mol. The van der Waals surface area contributed by atoms with E-state index < -0.39 is 0 Å². The van der Waals surface area contributed by atoms with Gasteiger partial charge in [0.15, 0.2) is 0 Å². The molecule has 1 aliphatic rings. The van der Waals surface area contributed by atoms with Crippen molar-refractivity contribution in [2.24, 2.45) is 0 Å². The number of methoxy groups -OCH3 is 1. The Morgan fingerprint density at radius 3 is 2.44 bits per heavy atom. The first-order valence-corrected chi connectivity index (χ1v) is 15.9. The Kier molecular flexibility index (Phi) is 9.71. The van der Waals surface area contributed by atoms with Crippen LogP contribution in [0.25, 0.3) is 11.0 Å². The van der Waals surface area contributed by atoms with Crippen molar-refractivity contribution in [3.8, 4) is 5.75 Å². The van der Waals surface area contributed by atoms with Crippen LogP contribution in [0.15, 0.2) is 103 Å². The quantitative estimate of drug-likeness (QED) is 0.186. The van der Waals surface area contributed by atoms with Gasteiger partial charge < -0.3 is 24.0 Å². The Labute approximate surface area is 265 Å². The van der Waals surface area contributed by atoms with Crippen LogP contribution in [0.3, 0.4) is 0 Å². The van der Waals surface area contributed by atoms with Crippen molar-refractivity contribution in [2.75, 3.05) is 58.3 Å². The van der Waals surface area contributed by atoms with Gasteiger partial charge in [0.25, 0.3) is 5.91 Å². The zero-order chi connectivity index (χ0) is 31.0. The summed E-state index contributed by atoms with van der Waals surface area (Å²) < 4.78 is 7.73. The molecule has 5 aromatic rings. The molecule has 1 unspecified atom stereocenters. The number of imidazole rings is 1. The number of para-hydroxylation sites is 2. The molecule has 2 aromatic heterocycles. The van der Waals surface area contributed by atoms with Crippen LogP contribution in [0.2, 0.25) is 0 Å². The van der Waals surface area contributed by atoms with E-state index in [1.165, 1.54) is 5.56 Å². The van der Waals surface area contributed by atoms with Gasteiger partial charge in [-0.15, -0.1) is 0 Å². The Morgan fingerprint density at radius 2 is 1.67 bits per heavy atom. The Balaban J connectivity index is 1.15. The molecule has 0 radical (unpaired) electrons. The lowest BCUT2D eigenvalue weighted by atomic mass is 9.94. The first kappa shape index (κ1) is 30.3. The molecule has 1 fully saturated rings. The smallest absolute Gasteiger partial charge is 0.253 e. The van der Waals surface area contributed by atoms with Crippen LogP contribution in [-0.2, 0) is 6.54 Å². The average Bonchev–Trinajstić information content (AvgIpc) is 3.28. The molecule has 1 aliphatic heterocycles. The van der Waals surface area contributed by atoms with Crippen molar-refractivity contribution in [1.82, 2.24) is 24.3 Å². The normalized spacial score (nSPS) is 14.7. The minimum atomic E-state index is 0.0492. The zero-order valence-electron chi connectivity index (χ0n) is 26.3. The first-order valence-electron chi connectivity index (χ1n) is 15.9. The molecule has 0 aliphatic carbocycles. The molecule has 0 N–H and O–H groups in total. The molecule has 1 atom stereocenters. The van der Waals surface area contributed by atoms with Crippen LogP contribution in [-0.4, -0.2) is 83.7 Å². The third kappa shape index (κ3) is 7.35. The fourth-order valence-corrected chi connectivity index (χ4v) is 6.30. The van der Waals surface area contributed by atoms with E-state index >= 15 is 0 Å². The minimum Gasteiger partial charge on any atom is -0.497 e. The number of carbonyl (C=O) groups is 1. The second kappa shape index (κ2) is 14.4. The third-order valence-corrected chi connectivity index (χ3v) is 8.79. The van der Waals surface area contributed by atoms with Crippen LogP contribution in [0.1, 0.15) is 40.4 Å². The highest BCUT2D eigenvalue weighted by Gasteiger charge is 2.24. The number of hydrogen-bond donors (Lipinski definition) is 0. The molecule has 1 saturated heterocycles. The van der Waals surface area contributed by atoms with Gasteiger partial charge in [0.1, 0.15) is 5.75 Å². The summed E-state index contributed by atoms with van der Waals surface area (Å²) in [5.74, 6) is 2.11. The highest BCUT2D eigenvalue weighted by molar-refractivity contribution is 5.94. The maximum Gasteiger partial charge on any atom is 0.253 e. The van der Waals surface area contributed by atoms with E-state index in [1.54, 1.807) is 7.11 Å². The van der Waals surface area contributed by atoms with Crippen molar-refractivity contribution in [3.05, 3.63) is 120 Å². The summed E-state index contributed by atoms with van der Waals surface area (Å²) in [6, 6.07) is 32.3. The van der Waals surface area contributed by atoms with E-state index in [0.717, 1.165) is 79.6 Å². The van der Waals surface area contributed by atoms with Crippen molar-refractivity contribution < 1.29 is 9.53 Å². The maximum absolute atomic E-state index is 13.2. The Morgan fingerprint density at radius 1 is 0.889 bits per heavy atom. The number of anilines is 1. The van der Waals surface area contributed by atoms with E-state index in [2.05, 4.69) is 61.8 Å². The molecule has 8 nitrogen and oxygen atoms in total. The maximum atomic E-state index is 13.2. The topological polar surface area (TPSA) is 66.7 Å². The van der Waals surface area contributed by atoms with E-state index in [-0.39, 0.29) is 11.8 Å². The van der Waals surface area contributed by atoms with Gasteiger partial charge in [-0.05, 0) is 80.0 Å². The molecule has 232 valence electrons. The highest BCUT2D eigenvalue weighted by atomic mass is 16.5. The molecule has 45 heavy (non-hydrogen) atoms. The number of amides is 1. The van der Waals surface area contributed by atoms with Crippen LogP contribution in [0.5, 0.6) is 5.75 Å². The number of carbonyl (C=O) groups excluding carboxylic acids is 1. The first-order chi connectivity index (χ1) is 22.1. The number of likely N-dealkylation sites (N-methyl/N-ethyl adjacent to an activating group) is 1. The summed E-state index contributed by atoms with van der Waals surface area (Å²) in [6.07, 6.45) is 3.87. The molecule has 6 rings (SSSR count). The summed E-state index contributed by atoms with van der Waals surface area (Å²) in [7, 11) is 3.60. The van der Waals surface area contributed by atoms with Crippen LogP contribution >= 0.6 is 0 Å². The molecular weight excluding hydrogens is 560 g/mol. The van der Waals surface area contributed by atoms with Crippen LogP contribution < -0.4 is 9.64 Å². The SMILES string of the molecule is COc1ccc(C(CCN2CCCN(c3nc4ccccc4n3Cc3ccccn3)CC2)CN(C)C(=O)c2ccccc2)cc1. The lowest BCUT2D eigenvalue weighted by molar-refractivity contribution is 0.0782. The van der Waals surface area contributed by atoms with E-state index in [4.69, 9.17) is 9.72 Å². The molecule has 3 aromatic carbocycles. The van der Waals surface area contributed by atoms with Gasteiger partial charge >= 0.3 is 0 Å². The predicted octanol–water partition coefficient (Wildman–Crippen LogP) is 5.95. The summed E-state index contributed by atoms with van der Waals surface area (Å²) >= 11 is 0. The minimum absolute atomic E-state index is 0.0492. The number of hydrogen-bond acceptors (Lipinski definition) is 6. The fraction of sp³-hybridized carbons (Fsp3) is 0.324. The molecule has 3 heterocycles. The number of ether oxygens (including phenoxy) is 1. The number of nitrogens with zero attached hydrogens (tertiary/aromatic N) is 6. The van der Waals surface area contributed by atoms with Crippen molar-refractivity contribution >= 4 is 22.9 Å². The number of aromatic nitrogens is 3. The fourth-order valence-electron chi connectivity index (χ4n) is 6.30. The van der Waals surface area contributed by atoms with Gasteiger partial charge in [-0.2, -0.15) is 0 Å². The third-order valence-electron chi connectivity index (χ3n) is 8.79. The standard InChI is InChI=1S/C37H42N6O2/c1-40(36(44)30-11-4-3-5-12-30)27-31(29-16-18-33(45-2)19-17-29)20-24-41-22-10-23-42(26-25-41)37-39-34-14-6-7-15-35(34)43(37)28-32-13-8-9-21-38-32/h3-9,11-19,21,31H,10,20,22-28H2,1-2H3. The zero-order valence-corrected chi connectivity index (χ0v) is 26.3.